The maximum atomic E-state index is 12.4. The summed E-state index contributed by atoms with van der Waals surface area (Å²) in [4.78, 5) is 13.8. The smallest absolute Gasteiger partial charge is 0.345 e. The van der Waals surface area contributed by atoms with Gasteiger partial charge in [0.2, 0.25) is 0 Å². The van der Waals surface area contributed by atoms with Gasteiger partial charge in [-0.25, -0.2) is 4.79 Å². The normalized spacial score (nSPS) is 15.6. The summed E-state index contributed by atoms with van der Waals surface area (Å²) in [6.45, 7) is 10.3. The molecule has 3 nitrogen and oxygen atoms in total. The molecule has 4 heteroatoms. The van der Waals surface area contributed by atoms with E-state index in [2.05, 4.69) is 45.0 Å². The fraction of sp³-hybridized carbons (Fsp3) is 0.500. The molecule has 162 valence electrons. The molecule has 1 heterocycles. The van der Waals surface area contributed by atoms with E-state index in [0.29, 0.717) is 16.6 Å². The molecule has 1 aliphatic heterocycles. The quantitative estimate of drug-likeness (QED) is 0.419. The highest BCUT2D eigenvalue weighted by Gasteiger charge is 2.27. The van der Waals surface area contributed by atoms with E-state index in [1.54, 1.807) is 0 Å². The van der Waals surface area contributed by atoms with Gasteiger partial charge >= 0.3 is 5.97 Å². The van der Waals surface area contributed by atoms with E-state index in [0.717, 1.165) is 5.56 Å². The Kier molecular flexibility index (Phi) is 7.18. The highest BCUT2D eigenvalue weighted by atomic mass is 32.2. The van der Waals surface area contributed by atoms with Crippen LogP contribution in [0.5, 0.6) is 5.75 Å². The maximum absolute atomic E-state index is 12.4. The Balaban J connectivity index is 1.53. The van der Waals surface area contributed by atoms with Gasteiger partial charge < -0.3 is 9.47 Å². The van der Waals surface area contributed by atoms with E-state index < -0.39 is 5.60 Å². The Morgan fingerprint density at radius 3 is 1.97 bits per heavy atom. The molecule has 0 unspecified atom stereocenters. The monoisotopic (exact) mass is 427 g/mol. The van der Waals surface area contributed by atoms with Crippen LogP contribution in [-0.4, -0.2) is 24.1 Å². The van der Waals surface area contributed by atoms with Crippen LogP contribution in [0.2, 0.25) is 0 Å². The largest absolute Gasteiger partial charge is 0.482 e. The number of carbonyl (C=O) groups excluding carboxylic acids is 1. The molecule has 0 amide bonds. The van der Waals surface area contributed by atoms with E-state index in [1.807, 2.05) is 38.1 Å². The number of benzene rings is 2. The van der Waals surface area contributed by atoms with E-state index in [1.165, 1.54) is 41.2 Å². The van der Waals surface area contributed by atoms with E-state index in [-0.39, 0.29) is 18.0 Å². The maximum Gasteiger partial charge on any atom is 0.345 e. The van der Waals surface area contributed by atoms with Crippen molar-refractivity contribution in [1.29, 1.82) is 0 Å². The molecule has 0 bridgehead atoms. The zero-order valence-corrected chi connectivity index (χ0v) is 19.8. The molecule has 1 aliphatic rings. The minimum Gasteiger partial charge on any atom is -0.482 e. The lowest BCUT2D eigenvalue weighted by Crippen LogP contribution is -2.28. The third-order valence-electron chi connectivity index (χ3n) is 5.61. The van der Waals surface area contributed by atoms with Crippen LogP contribution in [0.4, 0.5) is 0 Å². The first kappa shape index (κ1) is 22.7. The van der Waals surface area contributed by atoms with Gasteiger partial charge in [0.1, 0.15) is 22.9 Å². The molecule has 0 aliphatic carbocycles. The molecule has 1 fully saturated rings. The van der Waals surface area contributed by atoms with Crippen LogP contribution in [0.15, 0.2) is 53.4 Å². The SMILES string of the molecule is CC(C)(C)c1ccc(C(C)(C)OC(=O)COc2ccc([S+]3CCCCC3)cc2)cc1. The van der Waals surface area contributed by atoms with Crippen LogP contribution in [0.3, 0.4) is 0 Å². The molecule has 30 heavy (non-hydrogen) atoms. The van der Waals surface area contributed by atoms with Crippen LogP contribution < -0.4 is 4.74 Å². The summed E-state index contributed by atoms with van der Waals surface area (Å²) in [6.07, 6.45) is 4.04. The minimum absolute atomic E-state index is 0.0887. The Bertz CT molecular complexity index is 826. The summed E-state index contributed by atoms with van der Waals surface area (Å²) >= 11 is 0. The number of rotatable bonds is 6. The van der Waals surface area contributed by atoms with Crippen molar-refractivity contribution in [2.24, 2.45) is 0 Å². The molecule has 0 saturated carbocycles. The second-order valence-electron chi connectivity index (χ2n) is 9.53. The van der Waals surface area contributed by atoms with Gasteiger partial charge in [0.05, 0.1) is 0 Å². The number of esters is 1. The molecular weight excluding hydrogens is 392 g/mol. The highest BCUT2D eigenvalue weighted by molar-refractivity contribution is 7.96. The van der Waals surface area contributed by atoms with Gasteiger partial charge in [-0.3, -0.25) is 0 Å². The Labute approximate surface area is 184 Å². The average Bonchev–Trinajstić information content (AvgIpc) is 2.72. The first-order valence-corrected chi connectivity index (χ1v) is 12.4. The van der Waals surface area contributed by atoms with Crippen molar-refractivity contribution < 1.29 is 14.3 Å². The molecule has 1 saturated heterocycles. The third kappa shape index (κ3) is 6.04. The van der Waals surface area contributed by atoms with Crippen LogP contribution in [0.1, 0.15) is 65.0 Å². The van der Waals surface area contributed by atoms with Crippen molar-refractivity contribution in [2.45, 2.75) is 69.8 Å². The van der Waals surface area contributed by atoms with Gasteiger partial charge in [0.25, 0.3) is 0 Å². The summed E-state index contributed by atoms with van der Waals surface area (Å²) < 4.78 is 11.4. The molecule has 3 rings (SSSR count). The molecular formula is C26H35O3S+. The lowest BCUT2D eigenvalue weighted by molar-refractivity contribution is -0.159. The van der Waals surface area contributed by atoms with Gasteiger partial charge in [0, 0.05) is 10.9 Å². The van der Waals surface area contributed by atoms with Crippen molar-refractivity contribution in [3.63, 3.8) is 0 Å². The van der Waals surface area contributed by atoms with Crippen LogP contribution >= 0.6 is 0 Å². The highest BCUT2D eigenvalue weighted by Crippen LogP contribution is 2.29. The average molecular weight is 428 g/mol. The van der Waals surface area contributed by atoms with Crippen LogP contribution in [0.25, 0.3) is 0 Å². The lowest BCUT2D eigenvalue weighted by atomic mass is 9.85. The number of ether oxygens (including phenoxy) is 2. The number of hydrogen-bond donors (Lipinski definition) is 0. The van der Waals surface area contributed by atoms with Crippen molar-refractivity contribution >= 4 is 16.9 Å². The predicted molar refractivity (Wildman–Crippen MR) is 125 cm³/mol. The molecule has 0 radical (unpaired) electrons. The molecule has 0 N–H and O–H groups in total. The summed E-state index contributed by atoms with van der Waals surface area (Å²) in [5.74, 6) is 2.96. The van der Waals surface area contributed by atoms with Crippen LogP contribution in [-0.2, 0) is 31.4 Å². The van der Waals surface area contributed by atoms with Crippen molar-refractivity contribution in [3.8, 4) is 5.75 Å². The van der Waals surface area contributed by atoms with Crippen molar-refractivity contribution in [3.05, 3.63) is 59.7 Å². The summed E-state index contributed by atoms with van der Waals surface area (Å²) in [5.41, 5.74) is 1.62. The fourth-order valence-electron chi connectivity index (χ4n) is 3.68. The van der Waals surface area contributed by atoms with E-state index in [4.69, 9.17) is 9.47 Å². The van der Waals surface area contributed by atoms with E-state index in [9.17, 15) is 4.79 Å². The Morgan fingerprint density at radius 2 is 1.40 bits per heavy atom. The van der Waals surface area contributed by atoms with Gasteiger partial charge in [0.15, 0.2) is 11.5 Å². The Hall–Kier alpha value is -1.94. The lowest BCUT2D eigenvalue weighted by Gasteiger charge is -2.27. The number of hydrogen-bond acceptors (Lipinski definition) is 3. The summed E-state index contributed by atoms with van der Waals surface area (Å²) in [5, 5.41) is 0. The second-order valence-corrected chi connectivity index (χ2v) is 11.8. The molecule has 0 atom stereocenters. The topological polar surface area (TPSA) is 35.5 Å². The summed E-state index contributed by atoms with van der Waals surface area (Å²) in [6, 6.07) is 16.5. The molecule has 0 spiro atoms. The van der Waals surface area contributed by atoms with Gasteiger partial charge in [-0.2, -0.15) is 0 Å². The molecule has 2 aromatic carbocycles. The molecule has 0 aromatic heterocycles. The van der Waals surface area contributed by atoms with Crippen LogP contribution in [0, 0.1) is 0 Å². The fourth-order valence-corrected chi connectivity index (χ4v) is 5.98. The standard InChI is InChI=1S/C26H35O3S/c1-25(2,3)20-9-11-21(12-10-20)26(4,5)29-24(27)19-28-22-13-15-23(16-14-22)30-17-7-6-8-18-30/h9-16H,6-8,17-19H2,1-5H3/q+1. The van der Waals surface area contributed by atoms with E-state index >= 15 is 0 Å². The second kappa shape index (κ2) is 9.47. The van der Waals surface area contributed by atoms with Gasteiger partial charge in [-0.05, 0) is 73.9 Å². The molecule has 2 aromatic rings. The predicted octanol–water partition coefficient (Wildman–Crippen LogP) is 6.00. The minimum atomic E-state index is -0.706. The number of carbonyl (C=O) groups is 1. The first-order valence-electron chi connectivity index (χ1n) is 10.9. The van der Waals surface area contributed by atoms with Gasteiger partial charge in [-0.1, -0.05) is 45.0 Å². The van der Waals surface area contributed by atoms with Crippen molar-refractivity contribution in [1.82, 2.24) is 0 Å². The zero-order valence-electron chi connectivity index (χ0n) is 19.0. The Morgan fingerprint density at radius 1 is 0.833 bits per heavy atom. The first-order chi connectivity index (χ1) is 14.1. The zero-order chi connectivity index (χ0) is 21.8. The third-order valence-corrected chi connectivity index (χ3v) is 8.11. The van der Waals surface area contributed by atoms with Gasteiger partial charge in [-0.15, -0.1) is 0 Å². The summed E-state index contributed by atoms with van der Waals surface area (Å²) in [7, 11) is 0.382. The van der Waals surface area contributed by atoms with Crippen molar-refractivity contribution in [2.75, 3.05) is 18.1 Å².